The topological polar surface area (TPSA) is 45.6 Å². The van der Waals surface area contributed by atoms with E-state index in [2.05, 4.69) is 23.6 Å². The van der Waals surface area contributed by atoms with Crippen LogP contribution in [-0.2, 0) is 23.1 Å². The first-order valence-electron chi connectivity index (χ1n) is 8.05. The number of hydrogen-bond donors (Lipinski definition) is 0. The third-order valence-corrected chi connectivity index (χ3v) is 4.94. The van der Waals surface area contributed by atoms with Crippen LogP contribution in [0.4, 0.5) is 0 Å². The number of aryl methyl sites for hydroxylation is 1. The van der Waals surface area contributed by atoms with E-state index in [0.29, 0.717) is 32.6 Å². The third kappa shape index (κ3) is 2.83. The fraction of sp³-hybridized carbons (Fsp3) is 0.444. The van der Waals surface area contributed by atoms with E-state index in [1.165, 1.54) is 0 Å². The lowest BCUT2D eigenvalue weighted by atomic mass is 10.1. The van der Waals surface area contributed by atoms with Gasteiger partial charge < -0.3 is 14.4 Å². The largest absolute Gasteiger partial charge is 0.348 e. The van der Waals surface area contributed by atoms with Gasteiger partial charge in [0.1, 0.15) is 0 Å². The number of amides is 2. The first-order chi connectivity index (χ1) is 11.0. The summed E-state index contributed by atoms with van der Waals surface area (Å²) in [4.78, 5) is 27.7. The number of benzene rings is 1. The summed E-state index contributed by atoms with van der Waals surface area (Å²) in [6.07, 6.45) is 0.424. The van der Waals surface area contributed by atoms with E-state index in [1.807, 2.05) is 24.1 Å². The minimum atomic E-state index is 0.0852. The van der Waals surface area contributed by atoms with Crippen LogP contribution in [0.25, 0.3) is 10.9 Å². The van der Waals surface area contributed by atoms with Gasteiger partial charge in [-0.3, -0.25) is 9.59 Å². The zero-order chi connectivity index (χ0) is 16.6. The highest BCUT2D eigenvalue weighted by atomic mass is 16.2. The Morgan fingerprint density at radius 2 is 1.65 bits per heavy atom. The van der Waals surface area contributed by atoms with Crippen molar-refractivity contribution in [3.63, 3.8) is 0 Å². The van der Waals surface area contributed by atoms with Crippen molar-refractivity contribution < 1.29 is 9.59 Å². The lowest BCUT2D eigenvalue weighted by Crippen LogP contribution is -2.50. The van der Waals surface area contributed by atoms with E-state index in [-0.39, 0.29) is 11.8 Å². The summed E-state index contributed by atoms with van der Waals surface area (Å²) in [5, 5.41) is 1.16. The molecule has 0 aliphatic carbocycles. The molecule has 1 saturated heterocycles. The van der Waals surface area contributed by atoms with Gasteiger partial charge in [0.2, 0.25) is 11.8 Å². The first kappa shape index (κ1) is 15.6. The SMILES string of the molecule is CC(=O)N1CCN(C(=O)Cc2c(C)n(C)c3ccccc23)CC1. The Labute approximate surface area is 136 Å². The van der Waals surface area contributed by atoms with E-state index < -0.39 is 0 Å². The van der Waals surface area contributed by atoms with Crippen LogP contribution >= 0.6 is 0 Å². The van der Waals surface area contributed by atoms with Crippen molar-refractivity contribution in [1.82, 2.24) is 14.4 Å². The summed E-state index contributed by atoms with van der Waals surface area (Å²) < 4.78 is 2.14. The normalized spacial score (nSPS) is 15.3. The number of aromatic nitrogens is 1. The molecule has 0 spiro atoms. The number of rotatable bonds is 2. The molecule has 0 bridgehead atoms. The highest BCUT2D eigenvalue weighted by Gasteiger charge is 2.24. The van der Waals surface area contributed by atoms with Gasteiger partial charge >= 0.3 is 0 Å². The molecule has 23 heavy (non-hydrogen) atoms. The van der Waals surface area contributed by atoms with E-state index in [0.717, 1.165) is 22.2 Å². The highest BCUT2D eigenvalue weighted by molar-refractivity contribution is 5.90. The number of piperazine rings is 1. The Bertz CT molecular complexity index is 755. The third-order valence-electron chi connectivity index (χ3n) is 4.94. The molecule has 0 radical (unpaired) electrons. The van der Waals surface area contributed by atoms with Crippen molar-refractivity contribution in [2.24, 2.45) is 7.05 Å². The zero-order valence-electron chi connectivity index (χ0n) is 14.0. The Morgan fingerprint density at radius 1 is 1.04 bits per heavy atom. The van der Waals surface area contributed by atoms with Gasteiger partial charge in [0.15, 0.2) is 0 Å². The molecular formula is C18H23N3O2. The average molecular weight is 313 g/mol. The predicted octanol–water partition coefficient (Wildman–Crippen LogP) is 1.72. The van der Waals surface area contributed by atoms with Gasteiger partial charge in [-0.2, -0.15) is 0 Å². The smallest absolute Gasteiger partial charge is 0.227 e. The minimum Gasteiger partial charge on any atom is -0.348 e. The number of carbonyl (C=O) groups excluding carboxylic acids is 2. The van der Waals surface area contributed by atoms with Gasteiger partial charge in [-0.15, -0.1) is 0 Å². The van der Waals surface area contributed by atoms with E-state index in [4.69, 9.17) is 0 Å². The molecular weight excluding hydrogens is 290 g/mol. The first-order valence-corrected chi connectivity index (χ1v) is 8.05. The number of fused-ring (bicyclic) bond motifs is 1. The van der Waals surface area contributed by atoms with Crippen LogP contribution in [0.3, 0.4) is 0 Å². The van der Waals surface area contributed by atoms with Gasteiger partial charge in [-0.1, -0.05) is 18.2 Å². The average Bonchev–Trinajstić information content (AvgIpc) is 2.80. The second kappa shape index (κ2) is 6.07. The quantitative estimate of drug-likeness (QED) is 0.847. The molecule has 2 aromatic rings. The van der Waals surface area contributed by atoms with E-state index in [9.17, 15) is 9.59 Å². The molecule has 0 atom stereocenters. The number of carbonyl (C=O) groups is 2. The maximum atomic E-state index is 12.7. The molecule has 0 unspecified atom stereocenters. The van der Waals surface area contributed by atoms with Crippen molar-refractivity contribution in [2.75, 3.05) is 26.2 Å². The van der Waals surface area contributed by atoms with Crippen molar-refractivity contribution in [1.29, 1.82) is 0 Å². The fourth-order valence-corrected chi connectivity index (χ4v) is 3.36. The number of para-hydroxylation sites is 1. The van der Waals surface area contributed by atoms with Crippen LogP contribution in [0.5, 0.6) is 0 Å². The Balaban J connectivity index is 1.77. The lowest BCUT2D eigenvalue weighted by Gasteiger charge is -2.34. The van der Waals surface area contributed by atoms with Crippen LogP contribution in [0.2, 0.25) is 0 Å². The van der Waals surface area contributed by atoms with E-state index >= 15 is 0 Å². The molecule has 1 aliphatic heterocycles. The second-order valence-electron chi connectivity index (χ2n) is 6.20. The molecule has 1 aromatic carbocycles. The van der Waals surface area contributed by atoms with Gasteiger partial charge in [0.25, 0.3) is 0 Å². The molecule has 1 aliphatic rings. The maximum Gasteiger partial charge on any atom is 0.227 e. The van der Waals surface area contributed by atoms with Crippen molar-refractivity contribution in [3.8, 4) is 0 Å². The highest BCUT2D eigenvalue weighted by Crippen LogP contribution is 2.25. The Morgan fingerprint density at radius 3 is 2.30 bits per heavy atom. The Hall–Kier alpha value is -2.30. The summed E-state index contributed by atoms with van der Waals surface area (Å²) in [5.41, 5.74) is 3.42. The van der Waals surface area contributed by atoms with Crippen LogP contribution in [0, 0.1) is 6.92 Å². The summed E-state index contributed by atoms with van der Waals surface area (Å²) >= 11 is 0. The number of nitrogens with zero attached hydrogens (tertiary/aromatic N) is 3. The van der Waals surface area contributed by atoms with Crippen molar-refractivity contribution >= 4 is 22.7 Å². The molecule has 5 nitrogen and oxygen atoms in total. The van der Waals surface area contributed by atoms with Crippen LogP contribution < -0.4 is 0 Å². The second-order valence-corrected chi connectivity index (χ2v) is 6.20. The molecule has 3 rings (SSSR count). The number of hydrogen-bond acceptors (Lipinski definition) is 2. The van der Waals surface area contributed by atoms with Crippen molar-refractivity contribution in [3.05, 3.63) is 35.5 Å². The van der Waals surface area contributed by atoms with E-state index in [1.54, 1.807) is 11.8 Å². The summed E-state index contributed by atoms with van der Waals surface area (Å²) in [6, 6.07) is 8.20. The van der Waals surface area contributed by atoms with Crippen LogP contribution in [0.15, 0.2) is 24.3 Å². The van der Waals surface area contributed by atoms with Crippen molar-refractivity contribution in [2.45, 2.75) is 20.3 Å². The minimum absolute atomic E-state index is 0.0852. The fourth-order valence-electron chi connectivity index (χ4n) is 3.36. The molecule has 0 saturated carbocycles. The standard InChI is InChI=1S/C18H23N3O2/c1-13-16(15-6-4-5-7-17(15)19(13)3)12-18(23)21-10-8-20(9-11-21)14(2)22/h4-7H,8-12H2,1-3H3. The monoisotopic (exact) mass is 313 g/mol. The lowest BCUT2D eigenvalue weighted by molar-refractivity contribution is -0.138. The molecule has 5 heteroatoms. The predicted molar refractivity (Wildman–Crippen MR) is 90.2 cm³/mol. The summed E-state index contributed by atoms with van der Waals surface area (Å²) in [5.74, 6) is 0.231. The van der Waals surface area contributed by atoms with Gasteiger partial charge in [-0.05, 0) is 18.6 Å². The summed E-state index contributed by atoms with van der Waals surface area (Å²) in [7, 11) is 2.04. The summed E-state index contributed by atoms with van der Waals surface area (Å²) in [6.45, 7) is 6.17. The van der Waals surface area contributed by atoms with Gasteiger partial charge in [-0.25, -0.2) is 0 Å². The Kier molecular flexibility index (Phi) is 4.11. The van der Waals surface area contributed by atoms with Gasteiger partial charge in [0, 0.05) is 56.7 Å². The van der Waals surface area contributed by atoms with Gasteiger partial charge in [0.05, 0.1) is 6.42 Å². The zero-order valence-corrected chi connectivity index (χ0v) is 14.0. The molecule has 122 valence electrons. The molecule has 1 aromatic heterocycles. The molecule has 0 N–H and O–H groups in total. The molecule has 1 fully saturated rings. The molecule has 2 heterocycles. The van der Waals surface area contributed by atoms with Crippen LogP contribution in [-0.4, -0.2) is 52.4 Å². The molecule has 2 amide bonds. The van der Waals surface area contributed by atoms with Crippen LogP contribution in [0.1, 0.15) is 18.2 Å². The maximum absolute atomic E-state index is 12.7.